The summed E-state index contributed by atoms with van der Waals surface area (Å²) < 4.78 is 0. The normalized spacial score (nSPS) is 32.7. The molecule has 1 aliphatic heterocycles. The van der Waals surface area contributed by atoms with E-state index in [2.05, 4.69) is 0 Å². The summed E-state index contributed by atoms with van der Waals surface area (Å²) in [6.07, 6.45) is 8.02. The van der Waals surface area contributed by atoms with Crippen LogP contribution in [0.5, 0.6) is 0 Å². The van der Waals surface area contributed by atoms with Gasteiger partial charge in [-0.15, -0.1) is 0 Å². The van der Waals surface area contributed by atoms with Gasteiger partial charge < -0.3 is 10.6 Å². The summed E-state index contributed by atoms with van der Waals surface area (Å²) in [7, 11) is 0. The van der Waals surface area contributed by atoms with Crippen LogP contribution in [0.4, 0.5) is 0 Å². The van der Waals surface area contributed by atoms with Crippen LogP contribution in [0.15, 0.2) is 0 Å². The summed E-state index contributed by atoms with van der Waals surface area (Å²) in [5.41, 5.74) is 6.10. The molecule has 0 spiro atoms. The first-order valence-corrected chi connectivity index (χ1v) is 6.33. The lowest BCUT2D eigenvalue weighted by molar-refractivity contribution is -0.135. The Balaban J connectivity index is 1.96. The minimum Gasteiger partial charge on any atom is -0.342 e. The third kappa shape index (κ3) is 2.51. The van der Waals surface area contributed by atoms with Crippen LogP contribution in [0.2, 0.25) is 0 Å². The molecule has 15 heavy (non-hydrogen) atoms. The van der Waals surface area contributed by atoms with E-state index >= 15 is 0 Å². The van der Waals surface area contributed by atoms with Gasteiger partial charge in [-0.2, -0.15) is 0 Å². The molecule has 1 saturated heterocycles. The largest absolute Gasteiger partial charge is 0.342 e. The van der Waals surface area contributed by atoms with E-state index in [0.717, 1.165) is 25.9 Å². The van der Waals surface area contributed by atoms with Crippen molar-refractivity contribution >= 4 is 5.91 Å². The van der Waals surface area contributed by atoms with E-state index < -0.39 is 0 Å². The van der Waals surface area contributed by atoms with Crippen molar-refractivity contribution in [3.05, 3.63) is 0 Å². The fraction of sp³-hybridized carbons (Fsp3) is 0.917. The molecule has 1 saturated carbocycles. The summed E-state index contributed by atoms with van der Waals surface area (Å²) in [5.74, 6) is 0.451. The maximum absolute atomic E-state index is 12.2. The van der Waals surface area contributed by atoms with Gasteiger partial charge in [0.25, 0.3) is 0 Å². The minimum absolute atomic E-state index is 0.112. The van der Waals surface area contributed by atoms with Gasteiger partial charge >= 0.3 is 0 Å². The van der Waals surface area contributed by atoms with Crippen LogP contribution in [0.3, 0.4) is 0 Å². The molecule has 2 rings (SSSR count). The molecule has 3 heteroatoms. The van der Waals surface area contributed by atoms with Crippen molar-refractivity contribution in [1.82, 2.24) is 4.90 Å². The van der Waals surface area contributed by atoms with Crippen molar-refractivity contribution in [3.63, 3.8) is 0 Å². The molecule has 2 unspecified atom stereocenters. The standard InChI is InChI=1S/C12H22N2O/c13-11-7-3-1-2-6-10(11)12(15)14-8-4-5-9-14/h10-11H,1-9,13H2. The van der Waals surface area contributed by atoms with Gasteiger partial charge in [0.2, 0.25) is 5.91 Å². The van der Waals surface area contributed by atoms with Crippen LogP contribution >= 0.6 is 0 Å². The first kappa shape index (κ1) is 10.9. The number of hydrogen-bond acceptors (Lipinski definition) is 2. The molecule has 2 fully saturated rings. The topological polar surface area (TPSA) is 46.3 Å². The molecule has 1 aliphatic carbocycles. The van der Waals surface area contributed by atoms with Crippen molar-refractivity contribution in [2.75, 3.05) is 13.1 Å². The lowest BCUT2D eigenvalue weighted by atomic mass is 9.94. The third-order valence-corrected chi connectivity index (χ3v) is 3.80. The molecule has 1 amide bonds. The van der Waals surface area contributed by atoms with E-state index in [0.29, 0.717) is 5.91 Å². The van der Waals surface area contributed by atoms with Gasteiger partial charge in [0.1, 0.15) is 0 Å². The molecule has 2 aliphatic rings. The quantitative estimate of drug-likeness (QED) is 0.667. The highest BCUT2D eigenvalue weighted by Gasteiger charge is 2.31. The monoisotopic (exact) mass is 210 g/mol. The predicted molar refractivity (Wildman–Crippen MR) is 60.4 cm³/mol. The zero-order chi connectivity index (χ0) is 10.7. The highest BCUT2D eigenvalue weighted by atomic mass is 16.2. The maximum Gasteiger partial charge on any atom is 0.227 e. The summed E-state index contributed by atoms with van der Waals surface area (Å²) in [6.45, 7) is 1.92. The number of carbonyl (C=O) groups excluding carboxylic acids is 1. The summed E-state index contributed by atoms with van der Waals surface area (Å²) in [5, 5.41) is 0. The number of carbonyl (C=O) groups is 1. The van der Waals surface area contributed by atoms with Crippen LogP contribution in [0, 0.1) is 5.92 Å². The van der Waals surface area contributed by atoms with E-state index in [1.54, 1.807) is 0 Å². The molecule has 1 heterocycles. The van der Waals surface area contributed by atoms with Crippen LogP contribution in [-0.4, -0.2) is 29.9 Å². The molecular formula is C12H22N2O. The summed E-state index contributed by atoms with van der Waals surface area (Å²) in [4.78, 5) is 14.2. The lowest BCUT2D eigenvalue weighted by Crippen LogP contribution is -2.42. The van der Waals surface area contributed by atoms with E-state index in [1.165, 1.54) is 32.1 Å². The molecule has 0 aromatic carbocycles. The third-order valence-electron chi connectivity index (χ3n) is 3.80. The van der Waals surface area contributed by atoms with Gasteiger partial charge in [-0.3, -0.25) is 4.79 Å². The van der Waals surface area contributed by atoms with Crippen molar-refractivity contribution < 1.29 is 4.79 Å². The Morgan fingerprint density at radius 2 is 1.67 bits per heavy atom. The van der Waals surface area contributed by atoms with E-state index in [1.807, 2.05) is 4.90 Å². The Bertz CT molecular complexity index is 224. The second kappa shape index (κ2) is 4.97. The Labute approximate surface area is 92.0 Å². The fourth-order valence-corrected chi connectivity index (χ4v) is 2.81. The van der Waals surface area contributed by atoms with E-state index in [9.17, 15) is 4.79 Å². The highest BCUT2D eigenvalue weighted by molar-refractivity contribution is 5.79. The fourth-order valence-electron chi connectivity index (χ4n) is 2.81. The van der Waals surface area contributed by atoms with Crippen molar-refractivity contribution in [3.8, 4) is 0 Å². The van der Waals surface area contributed by atoms with Gasteiger partial charge in [-0.25, -0.2) is 0 Å². The average molecular weight is 210 g/mol. The Hall–Kier alpha value is -0.570. The van der Waals surface area contributed by atoms with Crippen molar-refractivity contribution in [2.45, 2.75) is 51.0 Å². The molecule has 3 nitrogen and oxygen atoms in total. The number of likely N-dealkylation sites (tertiary alicyclic amines) is 1. The number of nitrogens with zero attached hydrogens (tertiary/aromatic N) is 1. The van der Waals surface area contributed by atoms with Gasteiger partial charge in [-0.05, 0) is 25.7 Å². The Kier molecular flexibility index (Phi) is 3.62. The van der Waals surface area contributed by atoms with Crippen LogP contribution < -0.4 is 5.73 Å². The van der Waals surface area contributed by atoms with Gasteiger partial charge in [0.05, 0.1) is 5.92 Å². The number of rotatable bonds is 1. The molecule has 0 radical (unpaired) electrons. The molecule has 2 N–H and O–H groups in total. The maximum atomic E-state index is 12.2. The minimum atomic E-state index is 0.112. The summed E-state index contributed by atoms with van der Waals surface area (Å²) >= 11 is 0. The predicted octanol–water partition coefficient (Wildman–Crippen LogP) is 1.52. The molecule has 86 valence electrons. The van der Waals surface area contributed by atoms with Crippen molar-refractivity contribution in [2.24, 2.45) is 11.7 Å². The Morgan fingerprint density at radius 1 is 1.00 bits per heavy atom. The van der Waals surface area contributed by atoms with E-state index in [4.69, 9.17) is 5.73 Å². The van der Waals surface area contributed by atoms with Gasteiger partial charge in [0, 0.05) is 19.1 Å². The van der Waals surface area contributed by atoms with Crippen LogP contribution in [0.25, 0.3) is 0 Å². The Morgan fingerprint density at radius 3 is 2.40 bits per heavy atom. The smallest absolute Gasteiger partial charge is 0.227 e. The van der Waals surface area contributed by atoms with Crippen LogP contribution in [0.1, 0.15) is 44.9 Å². The second-order valence-corrected chi connectivity index (χ2v) is 4.94. The highest BCUT2D eigenvalue weighted by Crippen LogP contribution is 2.25. The second-order valence-electron chi connectivity index (χ2n) is 4.94. The molecule has 0 aromatic rings. The molecule has 0 bridgehead atoms. The average Bonchev–Trinajstić information content (AvgIpc) is 2.68. The van der Waals surface area contributed by atoms with Gasteiger partial charge in [-0.1, -0.05) is 19.3 Å². The molecule has 2 atom stereocenters. The first-order valence-electron chi connectivity index (χ1n) is 6.33. The summed E-state index contributed by atoms with van der Waals surface area (Å²) in [6, 6.07) is 0.112. The van der Waals surface area contributed by atoms with E-state index in [-0.39, 0.29) is 12.0 Å². The lowest BCUT2D eigenvalue weighted by Gasteiger charge is -2.25. The first-order chi connectivity index (χ1) is 7.29. The van der Waals surface area contributed by atoms with Gasteiger partial charge in [0.15, 0.2) is 0 Å². The number of nitrogens with two attached hydrogens (primary N) is 1. The zero-order valence-corrected chi connectivity index (χ0v) is 9.45. The number of amides is 1. The SMILES string of the molecule is NC1CCCCCC1C(=O)N1CCCC1. The zero-order valence-electron chi connectivity index (χ0n) is 9.45. The molecular weight excluding hydrogens is 188 g/mol. The van der Waals surface area contributed by atoms with Crippen molar-refractivity contribution in [1.29, 1.82) is 0 Å². The van der Waals surface area contributed by atoms with Crippen LogP contribution in [-0.2, 0) is 4.79 Å². The molecule has 0 aromatic heterocycles. The number of hydrogen-bond donors (Lipinski definition) is 1.